The number of furan rings is 1. The minimum Gasteiger partial charge on any atom is -0.455 e. The third-order valence-corrected chi connectivity index (χ3v) is 5.07. The average molecular weight is 350 g/mol. The van der Waals surface area contributed by atoms with E-state index in [1.165, 1.54) is 0 Å². The van der Waals surface area contributed by atoms with Gasteiger partial charge in [-0.1, -0.05) is 25.6 Å². The lowest BCUT2D eigenvalue weighted by Crippen LogP contribution is -2.34. The number of nitrogens with zero attached hydrogens (tertiary/aromatic N) is 3. The number of hydrogen-bond donors (Lipinski definition) is 1. The van der Waals surface area contributed by atoms with Gasteiger partial charge in [0, 0.05) is 39.1 Å². The summed E-state index contributed by atoms with van der Waals surface area (Å²) in [5.41, 5.74) is 6.03. The summed E-state index contributed by atoms with van der Waals surface area (Å²) in [7, 11) is 3.73. The second kappa shape index (κ2) is 8.39. The van der Waals surface area contributed by atoms with E-state index in [1.807, 2.05) is 23.9 Å². The van der Waals surface area contributed by atoms with Gasteiger partial charge in [0.15, 0.2) is 10.9 Å². The Morgan fingerprint density at radius 3 is 2.83 bits per heavy atom. The largest absolute Gasteiger partial charge is 0.455 e. The fourth-order valence-corrected chi connectivity index (χ4v) is 2.99. The van der Waals surface area contributed by atoms with Crippen molar-refractivity contribution >= 4 is 17.7 Å². The number of carbonyl (C=O) groups excluding carboxylic acids is 1. The Bertz CT molecular complexity index is 665. The van der Waals surface area contributed by atoms with E-state index in [-0.39, 0.29) is 11.9 Å². The van der Waals surface area contributed by atoms with Crippen LogP contribution in [-0.2, 0) is 12.8 Å². The number of aromatic nitrogens is 2. The van der Waals surface area contributed by atoms with E-state index in [0.29, 0.717) is 24.0 Å². The number of imidazole rings is 1. The van der Waals surface area contributed by atoms with Crippen molar-refractivity contribution in [1.82, 2.24) is 14.5 Å². The zero-order chi connectivity index (χ0) is 17.7. The predicted molar refractivity (Wildman–Crippen MR) is 95.9 cm³/mol. The molecular weight excluding hydrogens is 324 g/mol. The molecule has 2 aromatic rings. The van der Waals surface area contributed by atoms with Gasteiger partial charge < -0.3 is 19.6 Å². The molecule has 1 atom stereocenters. The molecule has 0 aliphatic heterocycles. The van der Waals surface area contributed by atoms with Crippen LogP contribution < -0.4 is 5.73 Å². The van der Waals surface area contributed by atoms with Gasteiger partial charge in [-0.05, 0) is 24.5 Å². The molecule has 2 heterocycles. The third kappa shape index (κ3) is 4.88. The molecule has 1 unspecified atom stereocenters. The summed E-state index contributed by atoms with van der Waals surface area (Å²) in [5, 5.41) is 0.916. The molecule has 0 radical (unpaired) electrons. The number of carbonyl (C=O) groups is 1. The summed E-state index contributed by atoms with van der Waals surface area (Å²) in [4.78, 5) is 18.3. The van der Waals surface area contributed by atoms with Gasteiger partial charge in [0.25, 0.3) is 5.91 Å². The Morgan fingerprint density at radius 1 is 1.46 bits per heavy atom. The molecule has 0 saturated heterocycles. The number of nitrogens with two attached hydrogens (primary N) is 1. The zero-order valence-electron chi connectivity index (χ0n) is 14.7. The highest BCUT2D eigenvalue weighted by Crippen LogP contribution is 2.22. The molecule has 24 heavy (non-hydrogen) atoms. The molecule has 2 aromatic heterocycles. The Balaban J connectivity index is 1.87. The maximum atomic E-state index is 12.4. The number of amides is 1. The van der Waals surface area contributed by atoms with Crippen LogP contribution in [0, 0.1) is 5.92 Å². The molecule has 0 saturated carbocycles. The topological polar surface area (TPSA) is 77.3 Å². The summed E-state index contributed by atoms with van der Waals surface area (Å²) >= 11 is 1.57. The second-order valence-corrected chi connectivity index (χ2v) is 7.24. The Morgan fingerprint density at radius 2 is 2.21 bits per heavy atom. The highest BCUT2D eigenvalue weighted by molar-refractivity contribution is 7.98. The third-order valence-electron chi connectivity index (χ3n) is 3.99. The summed E-state index contributed by atoms with van der Waals surface area (Å²) in [6.07, 6.45) is 4.44. The van der Waals surface area contributed by atoms with E-state index in [9.17, 15) is 4.79 Å². The zero-order valence-corrected chi connectivity index (χ0v) is 15.5. The van der Waals surface area contributed by atoms with Crippen LogP contribution in [0.1, 0.15) is 36.6 Å². The van der Waals surface area contributed by atoms with Crippen LogP contribution in [0.3, 0.4) is 0 Å². The SMILES string of the molecule is CC(C)C(N)CCN(C)C(=O)c1ccc(CSc2nccn2C)o1. The average Bonchev–Trinajstić information content (AvgIpc) is 3.18. The molecule has 0 fully saturated rings. The maximum absolute atomic E-state index is 12.4. The van der Waals surface area contributed by atoms with Gasteiger partial charge in [-0.15, -0.1) is 0 Å². The van der Waals surface area contributed by atoms with Gasteiger partial charge >= 0.3 is 0 Å². The fourth-order valence-electron chi connectivity index (χ4n) is 2.16. The molecule has 0 aliphatic rings. The lowest BCUT2D eigenvalue weighted by atomic mass is 10.0. The van der Waals surface area contributed by atoms with Crippen molar-refractivity contribution in [2.45, 2.75) is 37.2 Å². The van der Waals surface area contributed by atoms with Gasteiger partial charge in [-0.25, -0.2) is 4.98 Å². The number of aryl methyl sites for hydroxylation is 1. The quantitative estimate of drug-likeness (QED) is 0.741. The maximum Gasteiger partial charge on any atom is 0.289 e. The molecule has 132 valence electrons. The molecule has 1 amide bonds. The fraction of sp³-hybridized carbons (Fsp3) is 0.529. The predicted octanol–water partition coefficient (Wildman–Crippen LogP) is 2.75. The minimum absolute atomic E-state index is 0.0987. The molecular formula is C17H26N4O2S. The Kier molecular flexibility index (Phi) is 6.51. The normalized spacial score (nSPS) is 12.6. The summed E-state index contributed by atoms with van der Waals surface area (Å²) < 4.78 is 7.63. The van der Waals surface area contributed by atoms with Crippen molar-refractivity contribution in [3.63, 3.8) is 0 Å². The van der Waals surface area contributed by atoms with Crippen LogP contribution in [0.5, 0.6) is 0 Å². The lowest BCUT2D eigenvalue weighted by Gasteiger charge is -2.20. The molecule has 0 spiro atoms. The lowest BCUT2D eigenvalue weighted by molar-refractivity contribution is 0.0756. The van der Waals surface area contributed by atoms with Crippen molar-refractivity contribution in [2.24, 2.45) is 18.7 Å². The second-order valence-electron chi connectivity index (χ2n) is 6.30. The molecule has 0 bridgehead atoms. The van der Waals surface area contributed by atoms with Crippen LogP contribution in [0.4, 0.5) is 0 Å². The van der Waals surface area contributed by atoms with Crippen molar-refractivity contribution < 1.29 is 9.21 Å². The number of thioether (sulfide) groups is 1. The Labute approximate surface area is 147 Å². The van der Waals surface area contributed by atoms with Crippen molar-refractivity contribution in [1.29, 1.82) is 0 Å². The van der Waals surface area contributed by atoms with Gasteiger partial charge in [0.1, 0.15) is 5.76 Å². The standard InChI is InChI=1S/C17H26N4O2S/c1-12(2)14(18)7-9-20(3)16(22)15-6-5-13(23-15)11-24-17-19-8-10-21(17)4/h5-6,8,10,12,14H,7,9,11,18H2,1-4H3. The molecule has 2 N–H and O–H groups in total. The molecule has 7 heteroatoms. The number of rotatable bonds is 8. The highest BCUT2D eigenvalue weighted by Gasteiger charge is 2.18. The van der Waals surface area contributed by atoms with Gasteiger partial charge in [0.05, 0.1) is 5.75 Å². The molecule has 0 aliphatic carbocycles. The first kappa shape index (κ1) is 18.6. The first-order valence-electron chi connectivity index (χ1n) is 8.08. The van der Waals surface area contributed by atoms with Gasteiger partial charge in [-0.3, -0.25) is 4.79 Å². The van der Waals surface area contributed by atoms with Crippen LogP contribution in [0.2, 0.25) is 0 Å². The highest BCUT2D eigenvalue weighted by atomic mass is 32.2. The summed E-state index contributed by atoms with van der Waals surface area (Å²) in [6, 6.07) is 3.67. The van der Waals surface area contributed by atoms with Crippen molar-refractivity contribution in [3.8, 4) is 0 Å². The monoisotopic (exact) mass is 350 g/mol. The first-order valence-corrected chi connectivity index (χ1v) is 9.07. The van der Waals surface area contributed by atoms with E-state index in [2.05, 4.69) is 18.8 Å². The van der Waals surface area contributed by atoms with Gasteiger partial charge in [0.2, 0.25) is 0 Å². The number of hydrogen-bond acceptors (Lipinski definition) is 5. The molecule has 0 aromatic carbocycles. The van der Waals surface area contributed by atoms with Crippen LogP contribution >= 0.6 is 11.8 Å². The van der Waals surface area contributed by atoms with E-state index < -0.39 is 0 Å². The summed E-state index contributed by atoms with van der Waals surface area (Å²) in [6.45, 7) is 4.80. The van der Waals surface area contributed by atoms with E-state index in [4.69, 9.17) is 10.2 Å². The molecule has 2 rings (SSSR count). The van der Waals surface area contributed by atoms with E-state index >= 15 is 0 Å². The van der Waals surface area contributed by atoms with Crippen LogP contribution in [-0.4, -0.2) is 40.0 Å². The smallest absolute Gasteiger partial charge is 0.289 e. The van der Waals surface area contributed by atoms with Crippen LogP contribution in [0.15, 0.2) is 34.1 Å². The van der Waals surface area contributed by atoms with Gasteiger partial charge in [-0.2, -0.15) is 0 Å². The van der Waals surface area contributed by atoms with E-state index in [1.54, 1.807) is 36.0 Å². The summed E-state index contributed by atoms with van der Waals surface area (Å²) in [5.74, 6) is 2.07. The molecule has 6 nitrogen and oxygen atoms in total. The van der Waals surface area contributed by atoms with Crippen LogP contribution in [0.25, 0.3) is 0 Å². The van der Waals surface area contributed by atoms with Crippen molar-refractivity contribution in [3.05, 3.63) is 36.0 Å². The van der Waals surface area contributed by atoms with E-state index in [0.717, 1.165) is 17.3 Å². The minimum atomic E-state index is -0.112. The first-order chi connectivity index (χ1) is 11.4. The van der Waals surface area contributed by atoms with Crippen molar-refractivity contribution in [2.75, 3.05) is 13.6 Å². The Hall–Kier alpha value is -1.73.